The Bertz CT molecular complexity index is 499. The van der Waals surface area contributed by atoms with E-state index in [1.807, 2.05) is 21.1 Å². The van der Waals surface area contributed by atoms with Crippen LogP contribution >= 0.6 is 0 Å². The highest BCUT2D eigenvalue weighted by molar-refractivity contribution is 5.82. The van der Waals surface area contributed by atoms with Gasteiger partial charge in [0.25, 0.3) is 0 Å². The van der Waals surface area contributed by atoms with Crippen LogP contribution in [0.15, 0.2) is 36.5 Å². The van der Waals surface area contributed by atoms with Crippen LogP contribution in [0.2, 0.25) is 0 Å². The van der Waals surface area contributed by atoms with Crippen LogP contribution < -0.4 is 5.11 Å². The lowest BCUT2D eigenvalue weighted by Crippen LogP contribution is -2.45. The summed E-state index contributed by atoms with van der Waals surface area (Å²) in [7, 11) is 5.58. The second kappa shape index (κ2) is 10.3. The first-order valence-corrected chi connectivity index (χ1v) is 7.04. The fourth-order valence-electron chi connectivity index (χ4n) is 1.68. The SMILES string of the molecule is C[N+](C)(C)CC(CC(=O)[O-])OC(=O)/C=C/C=C/C/C=C/C(=O)O. The lowest BCUT2D eigenvalue weighted by atomic mass is 10.2. The average Bonchev–Trinajstić information content (AvgIpc) is 2.34. The molecule has 0 amide bonds. The number of carbonyl (C=O) groups is 3. The molecular weight excluding hydrogens is 302 g/mol. The number of rotatable bonds is 10. The summed E-state index contributed by atoms with van der Waals surface area (Å²) < 4.78 is 5.56. The fraction of sp³-hybridized carbons (Fsp3) is 0.438. The minimum absolute atomic E-state index is 0.351. The number of carbonyl (C=O) groups excluding carboxylic acids is 2. The summed E-state index contributed by atoms with van der Waals surface area (Å²) in [6, 6.07) is 0. The Hall–Kier alpha value is -2.41. The van der Waals surface area contributed by atoms with Crippen LogP contribution in [0, 0.1) is 0 Å². The van der Waals surface area contributed by atoms with E-state index in [0.717, 1.165) is 6.08 Å². The van der Waals surface area contributed by atoms with Gasteiger partial charge in [0.05, 0.1) is 21.1 Å². The molecule has 0 saturated carbocycles. The van der Waals surface area contributed by atoms with E-state index < -0.39 is 24.0 Å². The summed E-state index contributed by atoms with van der Waals surface area (Å²) in [5.74, 6) is -2.94. The number of carboxylic acids is 2. The first-order valence-electron chi connectivity index (χ1n) is 7.04. The topological polar surface area (TPSA) is 104 Å². The molecule has 128 valence electrons. The lowest BCUT2D eigenvalue weighted by Gasteiger charge is -2.28. The van der Waals surface area contributed by atoms with Gasteiger partial charge in [-0.05, 0) is 6.42 Å². The minimum Gasteiger partial charge on any atom is -0.550 e. The summed E-state index contributed by atoms with van der Waals surface area (Å²) in [5, 5.41) is 19.1. The molecule has 1 unspecified atom stereocenters. The smallest absolute Gasteiger partial charge is 0.331 e. The van der Waals surface area contributed by atoms with E-state index in [2.05, 4.69) is 0 Å². The second-order valence-corrected chi connectivity index (χ2v) is 5.87. The van der Waals surface area contributed by atoms with Gasteiger partial charge in [-0.25, -0.2) is 9.59 Å². The van der Waals surface area contributed by atoms with E-state index in [0.29, 0.717) is 17.4 Å². The lowest BCUT2D eigenvalue weighted by molar-refractivity contribution is -0.873. The van der Waals surface area contributed by atoms with Crippen molar-refractivity contribution in [1.82, 2.24) is 0 Å². The molecule has 23 heavy (non-hydrogen) atoms. The number of ether oxygens (including phenoxy) is 1. The minimum atomic E-state index is -1.27. The number of allylic oxidation sites excluding steroid dienone is 4. The van der Waals surface area contributed by atoms with Crippen molar-refractivity contribution >= 4 is 17.9 Å². The van der Waals surface area contributed by atoms with Gasteiger partial charge in [-0.2, -0.15) is 0 Å². The predicted octanol–water partition coefficient (Wildman–Crippen LogP) is -0.112. The highest BCUT2D eigenvalue weighted by atomic mass is 16.5. The molecule has 0 bridgehead atoms. The van der Waals surface area contributed by atoms with E-state index in [1.165, 1.54) is 18.2 Å². The Morgan fingerprint density at radius 2 is 1.78 bits per heavy atom. The Kier molecular flexibility index (Phi) is 9.26. The van der Waals surface area contributed by atoms with Gasteiger partial charge in [0.15, 0.2) is 6.10 Å². The Morgan fingerprint density at radius 3 is 2.30 bits per heavy atom. The average molecular weight is 325 g/mol. The monoisotopic (exact) mass is 325 g/mol. The van der Waals surface area contributed by atoms with E-state index in [4.69, 9.17) is 9.84 Å². The van der Waals surface area contributed by atoms with Crippen molar-refractivity contribution in [3.05, 3.63) is 36.5 Å². The van der Waals surface area contributed by atoms with Gasteiger partial charge in [0.2, 0.25) is 0 Å². The molecule has 0 fully saturated rings. The molecule has 1 atom stereocenters. The zero-order chi connectivity index (χ0) is 17.9. The molecule has 7 nitrogen and oxygen atoms in total. The molecule has 0 spiro atoms. The number of likely N-dealkylation sites (N-methyl/N-ethyl adjacent to an activating group) is 1. The van der Waals surface area contributed by atoms with Crippen molar-refractivity contribution in [2.24, 2.45) is 0 Å². The van der Waals surface area contributed by atoms with Crippen molar-refractivity contribution in [1.29, 1.82) is 0 Å². The number of hydrogen-bond donors (Lipinski definition) is 1. The van der Waals surface area contributed by atoms with Gasteiger partial charge < -0.3 is 24.2 Å². The van der Waals surface area contributed by atoms with Gasteiger partial charge in [0, 0.05) is 24.5 Å². The summed E-state index contributed by atoms with van der Waals surface area (Å²) >= 11 is 0. The maximum absolute atomic E-state index is 11.6. The van der Waals surface area contributed by atoms with E-state index in [-0.39, 0.29) is 6.42 Å². The van der Waals surface area contributed by atoms with E-state index >= 15 is 0 Å². The Labute approximate surface area is 135 Å². The van der Waals surface area contributed by atoms with Gasteiger partial charge in [0.1, 0.15) is 6.54 Å². The molecule has 0 aliphatic heterocycles. The number of hydrogen-bond acceptors (Lipinski definition) is 5. The third-order valence-electron chi connectivity index (χ3n) is 2.44. The van der Waals surface area contributed by atoms with Gasteiger partial charge >= 0.3 is 11.9 Å². The molecule has 1 N–H and O–H groups in total. The molecule has 0 saturated heterocycles. The summed E-state index contributed by atoms with van der Waals surface area (Å²) in [6.45, 7) is 0.351. The van der Waals surface area contributed by atoms with Crippen LogP contribution in [-0.4, -0.2) is 61.3 Å². The largest absolute Gasteiger partial charge is 0.550 e. The first kappa shape index (κ1) is 20.6. The molecule has 0 aliphatic rings. The highest BCUT2D eigenvalue weighted by Gasteiger charge is 2.21. The number of aliphatic carboxylic acids is 2. The number of esters is 1. The van der Waals surface area contributed by atoms with Crippen LogP contribution in [0.4, 0.5) is 0 Å². The molecule has 0 aromatic rings. The summed E-state index contributed by atoms with van der Waals surface area (Å²) in [4.78, 5) is 32.6. The van der Waals surface area contributed by atoms with Gasteiger partial charge in [-0.1, -0.05) is 24.3 Å². The van der Waals surface area contributed by atoms with Crippen molar-refractivity contribution in [2.45, 2.75) is 18.9 Å². The van der Waals surface area contributed by atoms with E-state index in [1.54, 1.807) is 12.2 Å². The molecule has 0 rings (SSSR count). The Morgan fingerprint density at radius 1 is 1.13 bits per heavy atom. The zero-order valence-corrected chi connectivity index (χ0v) is 13.6. The van der Waals surface area contributed by atoms with Crippen LogP contribution in [0.1, 0.15) is 12.8 Å². The van der Waals surface area contributed by atoms with Gasteiger partial charge in [-0.15, -0.1) is 0 Å². The third-order valence-corrected chi connectivity index (χ3v) is 2.44. The molecule has 7 heteroatoms. The summed E-state index contributed by atoms with van der Waals surface area (Å²) in [6.07, 6.45) is 7.63. The van der Waals surface area contributed by atoms with Crippen molar-refractivity contribution in [3.63, 3.8) is 0 Å². The molecule has 0 aliphatic carbocycles. The van der Waals surface area contributed by atoms with Crippen molar-refractivity contribution in [2.75, 3.05) is 27.7 Å². The Balaban J connectivity index is 4.40. The second-order valence-electron chi connectivity index (χ2n) is 5.87. The van der Waals surface area contributed by atoms with Crippen LogP contribution in [-0.2, 0) is 19.1 Å². The number of carboxylic acid groups (broad SMARTS) is 2. The number of quaternary nitrogens is 1. The maximum Gasteiger partial charge on any atom is 0.331 e. The fourth-order valence-corrected chi connectivity index (χ4v) is 1.68. The maximum atomic E-state index is 11.6. The molecule has 0 aromatic heterocycles. The zero-order valence-electron chi connectivity index (χ0n) is 13.6. The third kappa shape index (κ3) is 14.3. The van der Waals surface area contributed by atoms with Crippen LogP contribution in [0.5, 0.6) is 0 Å². The van der Waals surface area contributed by atoms with E-state index in [9.17, 15) is 19.5 Å². The molecule has 0 radical (unpaired) electrons. The van der Waals surface area contributed by atoms with Crippen molar-refractivity contribution in [3.8, 4) is 0 Å². The van der Waals surface area contributed by atoms with Crippen LogP contribution in [0.3, 0.4) is 0 Å². The quantitative estimate of drug-likeness (QED) is 0.260. The molecular formula is C16H23NO6. The molecule has 0 heterocycles. The standard InChI is InChI=1S/C16H23NO6/c1-17(2,3)12-13(11-15(20)21)23-16(22)10-8-6-4-5-7-9-14(18)19/h4,6-10,13H,5,11-12H2,1-3H3,(H-,18,19,20,21)/b6-4+,9-7+,10-8+. The number of nitrogens with zero attached hydrogens (tertiary/aromatic N) is 1. The highest BCUT2D eigenvalue weighted by Crippen LogP contribution is 2.05. The van der Waals surface area contributed by atoms with Crippen molar-refractivity contribution < 1.29 is 33.8 Å². The van der Waals surface area contributed by atoms with Crippen LogP contribution in [0.25, 0.3) is 0 Å². The molecule has 0 aromatic carbocycles. The van der Waals surface area contributed by atoms with Gasteiger partial charge in [-0.3, -0.25) is 0 Å². The first-order chi connectivity index (χ1) is 10.6. The predicted molar refractivity (Wildman–Crippen MR) is 82.1 cm³/mol. The normalized spacial score (nSPS) is 13.7. The summed E-state index contributed by atoms with van der Waals surface area (Å²) in [5.41, 5.74) is 0.